The summed E-state index contributed by atoms with van der Waals surface area (Å²) in [5.41, 5.74) is 7.83. The molecule has 3 fully saturated rings. The lowest BCUT2D eigenvalue weighted by Crippen LogP contribution is -2.69. The van der Waals surface area contributed by atoms with Gasteiger partial charge in [0.2, 0.25) is 12.1 Å². The number of carbonyl (C=O) groups is 2. The van der Waals surface area contributed by atoms with E-state index in [4.69, 9.17) is 29.4 Å². The van der Waals surface area contributed by atoms with E-state index in [-0.39, 0.29) is 61.8 Å². The number of aliphatic hydroxyl groups excluding tert-OH is 4. The van der Waals surface area contributed by atoms with Gasteiger partial charge in [0.15, 0.2) is 18.4 Å². The molecule has 0 aromatic rings. The summed E-state index contributed by atoms with van der Waals surface area (Å²) in [4.78, 5) is 32.6. The van der Waals surface area contributed by atoms with Crippen LogP contribution >= 0.6 is 0 Å². The Morgan fingerprint density at radius 3 is 2.46 bits per heavy atom. The first-order valence-electron chi connectivity index (χ1n) is 20.6. The summed E-state index contributed by atoms with van der Waals surface area (Å²) in [6.45, 7) is 2.39. The van der Waals surface area contributed by atoms with Crippen LogP contribution in [0.15, 0.2) is 63.7 Å². The number of guanidine groups is 1. The van der Waals surface area contributed by atoms with Crippen LogP contribution < -0.4 is 11.1 Å². The van der Waals surface area contributed by atoms with E-state index in [2.05, 4.69) is 10.3 Å². The molecule has 7 unspecified atom stereocenters. The molecule has 3 aliphatic heterocycles. The maximum absolute atomic E-state index is 14.1. The van der Waals surface area contributed by atoms with Crippen LogP contribution in [0, 0.1) is 11.8 Å². The Morgan fingerprint density at radius 2 is 1.81 bits per heavy atom. The normalized spacial score (nSPS) is 29.4. The van der Waals surface area contributed by atoms with Crippen molar-refractivity contribution in [1.82, 2.24) is 10.2 Å². The molecule has 0 aromatic heterocycles. The lowest BCUT2D eigenvalue weighted by Gasteiger charge is -2.48. The number of ether oxygens (including phenoxy) is 5. The molecular formula is C41H62N4O14. The minimum atomic E-state index is -2.91. The van der Waals surface area contributed by atoms with Crippen molar-refractivity contribution in [1.29, 1.82) is 0 Å². The van der Waals surface area contributed by atoms with Gasteiger partial charge in [0.25, 0.3) is 0 Å². The second-order valence-electron chi connectivity index (χ2n) is 15.8. The van der Waals surface area contributed by atoms with Gasteiger partial charge in [0.05, 0.1) is 54.9 Å². The van der Waals surface area contributed by atoms with Crippen molar-refractivity contribution >= 4 is 17.9 Å². The molecular weight excluding hydrogens is 772 g/mol. The third-order valence-electron chi connectivity index (χ3n) is 11.0. The van der Waals surface area contributed by atoms with Crippen LogP contribution in [0.2, 0.25) is 0 Å². The number of rotatable bonds is 17. The van der Waals surface area contributed by atoms with E-state index in [0.717, 1.165) is 50.5 Å². The molecule has 5 aliphatic rings. The minimum Gasteiger partial charge on any atom is -0.478 e. The number of allylic oxidation sites excluding steroid dienone is 3. The maximum Gasteiger partial charge on any atom is 0.338 e. The highest BCUT2D eigenvalue weighted by atomic mass is 16.8. The van der Waals surface area contributed by atoms with Crippen LogP contribution in [0.4, 0.5) is 0 Å². The van der Waals surface area contributed by atoms with Gasteiger partial charge in [-0.3, -0.25) is 4.99 Å². The summed E-state index contributed by atoms with van der Waals surface area (Å²) in [5.74, 6) is -6.49. The lowest BCUT2D eigenvalue weighted by molar-refractivity contribution is -0.413. The highest BCUT2D eigenvalue weighted by Gasteiger charge is 2.57. The highest BCUT2D eigenvalue weighted by molar-refractivity contribution is 5.92. The molecule has 2 saturated carbocycles. The number of aliphatic imine (C=N–C) groups is 1. The van der Waals surface area contributed by atoms with Crippen LogP contribution in [-0.2, 0) is 33.3 Å². The quantitative estimate of drug-likeness (QED) is 0.0245. The van der Waals surface area contributed by atoms with Crippen molar-refractivity contribution in [2.75, 3.05) is 39.5 Å². The Hall–Kier alpha value is -3.85. The third kappa shape index (κ3) is 11.9. The fourth-order valence-electron chi connectivity index (χ4n) is 8.00. The molecule has 2 aliphatic carbocycles. The number of β-amino-alcohol motifs (C(OH)–C–C–N with tert-alkyl or cyclic N) is 1. The number of nitrogens with one attached hydrogen (secondary N) is 1. The number of nitrogens with two attached hydrogens (primary N) is 1. The zero-order valence-electron chi connectivity index (χ0n) is 33.9. The fraction of sp³-hybridized carbons (Fsp3) is 0.683. The first-order chi connectivity index (χ1) is 28.3. The number of carbonyl (C=O) groups excluding carboxylic acids is 1. The van der Waals surface area contributed by atoms with E-state index >= 15 is 0 Å². The average molecular weight is 835 g/mol. The van der Waals surface area contributed by atoms with E-state index in [1.165, 1.54) is 6.26 Å². The number of carboxylic acid groups (broad SMARTS) is 1. The van der Waals surface area contributed by atoms with Gasteiger partial charge >= 0.3 is 11.9 Å². The van der Waals surface area contributed by atoms with E-state index in [1.54, 1.807) is 37.1 Å². The van der Waals surface area contributed by atoms with E-state index < -0.39 is 73.2 Å². The summed E-state index contributed by atoms with van der Waals surface area (Å²) in [6, 6.07) is 0. The molecule has 1 saturated heterocycles. The summed E-state index contributed by atoms with van der Waals surface area (Å²) < 4.78 is 30.4. The number of esters is 1. The molecule has 7 atom stereocenters. The van der Waals surface area contributed by atoms with Crippen LogP contribution in [-0.4, -0.2) is 147 Å². The van der Waals surface area contributed by atoms with Crippen molar-refractivity contribution in [3.63, 3.8) is 0 Å². The van der Waals surface area contributed by atoms with Gasteiger partial charge in [-0.25, -0.2) is 9.59 Å². The molecule has 0 aromatic carbocycles. The number of aliphatic carboxylic acids is 1. The molecule has 0 amide bonds. The zero-order chi connectivity index (χ0) is 42.7. The summed E-state index contributed by atoms with van der Waals surface area (Å²) in [7, 11) is 0. The summed E-state index contributed by atoms with van der Waals surface area (Å²) in [5, 5.41) is 75.4. The number of aliphatic hydroxyl groups is 6. The second-order valence-corrected chi connectivity index (χ2v) is 15.8. The molecule has 5 rings (SSSR count). The van der Waals surface area contributed by atoms with Crippen molar-refractivity contribution in [3.05, 3.63) is 58.7 Å². The average Bonchev–Trinajstić information content (AvgIpc) is 3.71. The smallest absolute Gasteiger partial charge is 0.338 e. The highest BCUT2D eigenvalue weighted by Crippen LogP contribution is 2.41. The molecule has 18 heteroatoms. The predicted molar refractivity (Wildman–Crippen MR) is 211 cm³/mol. The first-order valence-corrected chi connectivity index (χ1v) is 20.6. The number of hydrogen-bond donors (Lipinski definition) is 9. The fourth-order valence-corrected chi connectivity index (χ4v) is 8.00. The Balaban J connectivity index is 1.61. The number of hydrogen-bond acceptors (Lipinski definition) is 15. The molecule has 0 spiro atoms. The van der Waals surface area contributed by atoms with Gasteiger partial charge in [-0.15, -0.1) is 0 Å². The van der Waals surface area contributed by atoms with Gasteiger partial charge in [0, 0.05) is 37.4 Å². The van der Waals surface area contributed by atoms with Gasteiger partial charge in [0.1, 0.15) is 18.3 Å². The number of nitrogens with zero attached hydrogens (tertiary/aromatic N) is 2. The van der Waals surface area contributed by atoms with Gasteiger partial charge in [-0.1, -0.05) is 30.2 Å². The van der Waals surface area contributed by atoms with Crippen molar-refractivity contribution < 1.29 is 69.0 Å². The van der Waals surface area contributed by atoms with Crippen molar-refractivity contribution in [2.24, 2.45) is 22.6 Å². The van der Waals surface area contributed by atoms with Crippen LogP contribution in [0.5, 0.6) is 0 Å². The van der Waals surface area contributed by atoms with Crippen LogP contribution in [0.1, 0.15) is 78.1 Å². The largest absolute Gasteiger partial charge is 0.478 e. The van der Waals surface area contributed by atoms with Crippen molar-refractivity contribution in [2.45, 2.75) is 127 Å². The third-order valence-corrected chi connectivity index (χ3v) is 11.0. The predicted octanol–water partition coefficient (Wildman–Crippen LogP) is 0.778. The molecule has 0 bridgehead atoms. The Labute approximate surface area is 344 Å². The summed E-state index contributed by atoms with van der Waals surface area (Å²) in [6.07, 6.45) is 7.50. The van der Waals surface area contributed by atoms with Crippen LogP contribution in [0.3, 0.4) is 0 Å². The second kappa shape index (κ2) is 21.6. The van der Waals surface area contributed by atoms with Gasteiger partial charge in [-0.2, -0.15) is 0 Å². The number of carboxylic acids is 1. The molecule has 3 heterocycles. The van der Waals surface area contributed by atoms with Gasteiger partial charge < -0.3 is 75.4 Å². The molecule has 59 heavy (non-hydrogen) atoms. The monoisotopic (exact) mass is 834 g/mol. The van der Waals surface area contributed by atoms with E-state index in [0.29, 0.717) is 24.8 Å². The SMILES string of the molecule is CC(C)OC1C(OC2OC=C(C(=O)OC3CCCC3)C(C=CC3=CN(CCO)CC(C(=O)O)=C3NC(N)=NCCCO)C2C=C2CCCCC2)OC(CO)C(O)C1(O)O. The summed E-state index contributed by atoms with van der Waals surface area (Å²) >= 11 is 0. The van der Waals surface area contributed by atoms with Crippen molar-refractivity contribution in [3.8, 4) is 0 Å². The standard InChI is InChI=1S/C41H62N4O14/c1-24(2)56-35-39(58-32(22-48)34(49)41(35,53)54)59-38-29(19-25-9-4-3-5-10-25)28(31(23-55-38)37(52)57-27-11-6-7-12-27)14-13-26-20-45(16-18-47)21-30(36(50)51)33(26)44-40(42)43-15-8-17-46/h13-14,19-20,23-24,27-29,32,34-35,38-39,46-49,53-54H,3-12,15-18,21-22H2,1-2H3,(H,50,51)(H3,42,43,44). The molecule has 10 N–H and O–H groups in total. The van der Waals surface area contributed by atoms with Gasteiger partial charge in [-0.05, 0) is 71.6 Å². The van der Waals surface area contributed by atoms with E-state index in [9.17, 15) is 45.3 Å². The van der Waals surface area contributed by atoms with Crippen LogP contribution in [0.25, 0.3) is 0 Å². The Kier molecular flexibility index (Phi) is 16.9. The Morgan fingerprint density at radius 1 is 1.08 bits per heavy atom. The minimum absolute atomic E-state index is 0.0610. The van der Waals surface area contributed by atoms with E-state index in [1.807, 2.05) is 6.08 Å². The Bertz CT molecular complexity index is 1630. The first kappa shape index (κ1) is 46.2. The lowest BCUT2D eigenvalue weighted by atomic mass is 9.80. The molecule has 0 radical (unpaired) electrons. The maximum atomic E-state index is 14.1. The zero-order valence-corrected chi connectivity index (χ0v) is 33.9. The molecule has 18 nitrogen and oxygen atoms in total. The topological polar surface area (TPSA) is 276 Å². The molecule has 330 valence electrons.